The second-order valence-corrected chi connectivity index (χ2v) is 6.41. The maximum Gasteiger partial charge on any atom is 0.211 e. The summed E-state index contributed by atoms with van der Waals surface area (Å²) in [6.07, 6.45) is 0. The summed E-state index contributed by atoms with van der Waals surface area (Å²) in [4.78, 5) is 0. The normalized spacial score (nSPS) is 10.1. The predicted octanol–water partition coefficient (Wildman–Crippen LogP) is 3.10. The monoisotopic (exact) mass is 342 g/mol. The van der Waals surface area contributed by atoms with Crippen LogP contribution in [0.3, 0.4) is 0 Å². The second kappa shape index (κ2) is 7.04. The van der Waals surface area contributed by atoms with E-state index in [2.05, 4.69) is 25.7 Å². The van der Waals surface area contributed by atoms with Gasteiger partial charge in [-0.1, -0.05) is 23.5 Å². The smallest absolute Gasteiger partial charge is 0.211 e. The van der Waals surface area contributed by atoms with Crippen molar-refractivity contribution in [1.82, 2.24) is 20.4 Å². The summed E-state index contributed by atoms with van der Waals surface area (Å²) >= 11 is 2.73. The summed E-state index contributed by atoms with van der Waals surface area (Å²) in [5.74, 6) is 0.731. The molecular formula is C14H10N6OS2. The van der Waals surface area contributed by atoms with Crippen molar-refractivity contribution in [2.75, 3.05) is 12.4 Å². The van der Waals surface area contributed by atoms with Crippen LogP contribution in [0.15, 0.2) is 45.8 Å². The van der Waals surface area contributed by atoms with Crippen molar-refractivity contribution in [3.8, 4) is 11.8 Å². The molecule has 114 valence electrons. The van der Waals surface area contributed by atoms with Crippen LogP contribution in [-0.2, 0) is 0 Å². The maximum atomic E-state index is 8.71. The van der Waals surface area contributed by atoms with Crippen molar-refractivity contribution in [2.45, 2.75) is 9.37 Å². The van der Waals surface area contributed by atoms with E-state index in [4.69, 9.17) is 10.00 Å². The van der Waals surface area contributed by atoms with Crippen molar-refractivity contribution < 1.29 is 4.74 Å². The maximum absolute atomic E-state index is 8.71. The number of nitrogens with one attached hydrogen (secondary N) is 1. The van der Waals surface area contributed by atoms with E-state index in [0.717, 1.165) is 15.8 Å². The van der Waals surface area contributed by atoms with Gasteiger partial charge in [0.05, 0.1) is 12.8 Å². The summed E-state index contributed by atoms with van der Waals surface area (Å²) in [6, 6.07) is 12.8. The zero-order valence-corrected chi connectivity index (χ0v) is 13.6. The van der Waals surface area contributed by atoms with Crippen molar-refractivity contribution in [3.05, 3.63) is 42.1 Å². The number of ether oxygens (including phenoxy) is 1. The van der Waals surface area contributed by atoms with Crippen molar-refractivity contribution in [2.24, 2.45) is 0 Å². The highest BCUT2D eigenvalue weighted by atomic mass is 32.2. The predicted molar refractivity (Wildman–Crippen MR) is 87.1 cm³/mol. The lowest BCUT2D eigenvalue weighted by molar-refractivity contribution is 0.417. The summed E-state index contributed by atoms with van der Waals surface area (Å²) < 4.78 is 6.01. The highest BCUT2D eigenvalue weighted by Crippen LogP contribution is 2.33. The summed E-state index contributed by atoms with van der Waals surface area (Å²) in [7, 11) is 1.62. The molecule has 0 bridgehead atoms. The molecule has 0 fully saturated rings. The number of para-hydroxylation sites is 2. The highest BCUT2D eigenvalue weighted by Gasteiger charge is 2.09. The average Bonchev–Trinajstić information content (AvgIpc) is 3.03. The van der Waals surface area contributed by atoms with Crippen LogP contribution in [0.4, 0.5) is 10.8 Å². The Hall–Kier alpha value is -2.70. The largest absolute Gasteiger partial charge is 0.495 e. The number of hydrogen-bond donors (Lipinski definition) is 1. The SMILES string of the molecule is COc1ccccc1Nc1nnc(Sc2ccc(C#N)nn2)s1. The van der Waals surface area contributed by atoms with E-state index in [0.29, 0.717) is 10.2 Å². The van der Waals surface area contributed by atoms with Crippen LogP contribution in [0, 0.1) is 11.3 Å². The Morgan fingerprint density at radius 1 is 1.13 bits per heavy atom. The third kappa shape index (κ3) is 3.74. The summed E-state index contributed by atoms with van der Waals surface area (Å²) in [5.41, 5.74) is 1.10. The zero-order chi connectivity index (χ0) is 16.1. The Balaban J connectivity index is 1.71. The average molecular weight is 342 g/mol. The van der Waals surface area contributed by atoms with Gasteiger partial charge in [-0.15, -0.1) is 20.4 Å². The topological polar surface area (TPSA) is 96.6 Å². The lowest BCUT2D eigenvalue weighted by atomic mass is 10.3. The van der Waals surface area contributed by atoms with Gasteiger partial charge in [0.1, 0.15) is 16.8 Å². The summed E-state index contributed by atoms with van der Waals surface area (Å²) in [6.45, 7) is 0. The molecule has 3 aromatic rings. The lowest BCUT2D eigenvalue weighted by Crippen LogP contribution is -1.93. The van der Waals surface area contributed by atoms with Gasteiger partial charge in [0.15, 0.2) is 10.0 Å². The molecule has 2 heterocycles. The first-order chi connectivity index (χ1) is 11.3. The number of rotatable bonds is 5. The number of aromatic nitrogens is 4. The molecule has 3 rings (SSSR count). The molecule has 2 aromatic heterocycles. The number of methoxy groups -OCH3 is 1. The van der Waals surface area contributed by atoms with Gasteiger partial charge < -0.3 is 10.1 Å². The van der Waals surface area contributed by atoms with Crippen LogP contribution in [-0.4, -0.2) is 27.5 Å². The number of hydrogen-bond acceptors (Lipinski definition) is 9. The minimum absolute atomic E-state index is 0.283. The first-order valence-corrected chi connectivity index (χ1v) is 8.07. The third-order valence-corrected chi connectivity index (χ3v) is 4.52. The van der Waals surface area contributed by atoms with Crippen LogP contribution in [0.5, 0.6) is 5.75 Å². The fourth-order valence-corrected chi connectivity index (χ4v) is 3.32. The quantitative estimate of drug-likeness (QED) is 0.755. The highest BCUT2D eigenvalue weighted by molar-refractivity contribution is 8.01. The lowest BCUT2D eigenvalue weighted by Gasteiger charge is -2.07. The molecule has 0 radical (unpaired) electrons. The molecule has 0 unspecified atom stereocenters. The third-order valence-electron chi connectivity index (χ3n) is 2.70. The molecule has 23 heavy (non-hydrogen) atoms. The van der Waals surface area contributed by atoms with Gasteiger partial charge in [0, 0.05) is 0 Å². The van der Waals surface area contributed by atoms with Crippen LogP contribution in [0.2, 0.25) is 0 Å². The molecule has 0 atom stereocenters. The van der Waals surface area contributed by atoms with E-state index in [1.165, 1.54) is 23.1 Å². The fourth-order valence-electron chi connectivity index (χ4n) is 1.69. The van der Waals surface area contributed by atoms with Crippen LogP contribution in [0.25, 0.3) is 0 Å². The van der Waals surface area contributed by atoms with E-state index < -0.39 is 0 Å². The van der Waals surface area contributed by atoms with Gasteiger partial charge in [0.25, 0.3) is 0 Å². The van der Waals surface area contributed by atoms with E-state index in [9.17, 15) is 0 Å². The van der Waals surface area contributed by atoms with Crippen molar-refractivity contribution in [1.29, 1.82) is 5.26 Å². The van der Waals surface area contributed by atoms with Crippen molar-refractivity contribution >= 4 is 33.9 Å². The Labute approximate surface area is 140 Å². The zero-order valence-electron chi connectivity index (χ0n) is 11.9. The van der Waals surface area contributed by atoms with Crippen molar-refractivity contribution in [3.63, 3.8) is 0 Å². The molecule has 0 spiro atoms. The fraction of sp³-hybridized carbons (Fsp3) is 0.0714. The first kappa shape index (κ1) is 15.2. The minimum atomic E-state index is 0.283. The minimum Gasteiger partial charge on any atom is -0.495 e. The van der Waals surface area contributed by atoms with Gasteiger partial charge in [-0.3, -0.25) is 0 Å². The van der Waals surface area contributed by atoms with Crippen LogP contribution >= 0.6 is 23.1 Å². The molecule has 0 aliphatic carbocycles. The Morgan fingerprint density at radius 2 is 2.00 bits per heavy atom. The second-order valence-electron chi connectivity index (χ2n) is 4.17. The number of nitriles is 1. The van der Waals surface area contributed by atoms with Gasteiger partial charge in [-0.25, -0.2) is 0 Å². The molecule has 0 saturated heterocycles. The molecule has 0 saturated carbocycles. The van der Waals surface area contributed by atoms with E-state index in [1.807, 2.05) is 30.3 Å². The number of nitrogens with zero attached hydrogens (tertiary/aromatic N) is 5. The number of anilines is 2. The van der Waals surface area contributed by atoms with Gasteiger partial charge >= 0.3 is 0 Å². The molecule has 1 aromatic carbocycles. The van der Waals surface area contributed by atoms with E-state index >= 15 is 0 Å². The molecule has 0 amide bonds. The standard InChI is InChI=1S/C14H10N6OS2/c1-21-11-5-3-2-4-10(11)16-13-19-20-14(23-13)22-12-7-6-9(8-15)17-18-12/h2-7H,1H3,(H,16,19). The molecule has 0 aliphatic rings. The van der Waals surface area contributed by atoms with E-state index in [-0.39, 0.29) is 5.69 Å². The van der Waals surface area contributed by atoms with Crippen LogP contribution in [0.1, 0.15) is 5.69 Å². The van der Waals surface area contributed by atoms with Gasteiger partial charge in [-0.2, -0.15) is 5.26 Å². The first-order valence-electron chi connectivity index (χ1n) is 6.43. The van der Waals surface area contributed by atoms with E-state index in [1.54, 1.807) is 19.2 Å². The Bertz CT molecular complexity index is 843. The summed E-state index contributed by atoms with van der Waals surface area (Å²) in [5, 5.41) is 29.1. The molecule has 7 nitrogen and oxygen atoms in total. The Kier molecular flexibility index (Phi) is 4.65. The Morgan fingerprint density at radius 3 is 2.74 bits per heavy atom. The molecular weight excluding hydrogens is 332 g/mol. The van der Waals surface area contributed by atoms with Gasteiger partial charge in [0.2, 0.25) is 5.13 Å². The molecule has 1 N–H and O–H groups in total. The molecule has 9 heteroatoms. The van der Waals surface area contributed by atoms with Crippen LogP contribution < -0.4 is 10.1 Å². The van der Waals surface area contributed by atoms with Gasteiger partial charge in [-0.05, 0) is 36.0 Å². The number of benzene rings is 1. The molecule has 0 aliphatic heterocycles.